The third-order valence-corrected chi connectivity index (χ3v) is 3.49. The first kappa shape index (κ1) is 11.2. The summed E-state index contributed by atoms with van der Waals surface area (Å²) in [5.74, 6) is 1.26. The van der Waals surface area contributed by atoms with Crippen LogP contribution in [0, 0.1) is 6.92 Å². The first-order valence-electron chi connectivity index (χ1n) is 5.73. The smallest absolute Gasteiger partial charge is 0.257 e. The molecular formula is C14H12N2OS. The lowest BCUT2D eigenvalue weighted by molar-refractivity contribution is 0.519. The van der Waals surface area contributed by atoms with E-state index in [1.165, 1.54) is 11.1 Å². The minimum Gasteiger partial charge on any atom is -0.420 e. The maximum atomic E-state index is 5.66. The Morgan fingerprint density at radius 3 is 2.89 bits per heavy atom. The van der Waals surface area contributed by atoms with E-state index in [2.05, 4.69) is 35.3 Å². The molecule has 18 heavy (non-hydrogen) atoms. The van der Waals surface area contributed by atoms with Gasteiger partial charge in [-0.3, -0.25) is 0 Å². The highest BCUT2D eigenvalue weighted by molar-refractivity contribution is 7.13. The predicted molar refractivity (Wildman–Crippen MR) is 71.6 cm³/mol. The van der Waals surface area contributed by atoms with Crippen LogP contribution in [0.2, 0.25) is 0 Å². The van der Waals surface area contributed by atoms with Gasteiger partial charge >= 0.3 is 0 Å². The van der Waals surface area contributed by atoms with E-state index in [1.54, 1.807) is 11.3 Å². The molecule has 90 valence electrons. The summed E-state index contributed by atoms with van der Waals surface area (Å²) >= 11 is 1.60. The van der Waals surface area contributed by atoms with Crippen LogP contribution in [0.25, 0.3) is 10.8 Å². The fourth-order valence-electron chi connectivity index (χ4n) is 1.82. The molecular weight excluding hydrogens is 244 g/mol. The SMILES string of the molecule is Cc1cccc(Cc2nnc(-c3cccs3)o2)c1. The first-order valence-corrected chi connectivity index (χ1v) is 6.61. The molecule has 3 aromatic rings. The zero-order chi connectivity index (χ0) is 12.4. The molecule has 0 aliphatic heterocycles. The minimum atomic E-state index is 0.604. The molecule has 0 atom stereocenters. The Bertz CT molecular complexity index is 643. The molecule has 0 N–H and O–H groups in total. The maximum absolute atomic E-state index is 5.66. The van der Waals surface area contributed by atoms with Crippen LogP contribution in [0.4, 0.5) is 0 Å². The quantitative estimate of drug-likeness (QED) is 0.717. The van der Waals surface area contributed by atoms with Gasteiger partial charge in [-0.2, -0.15) is 0 Å². The van der Waals surface area contributed by atoms with Crippen LogP contribution in [0.3, 0.4) is 0 Å². The molecule has 2 heterocycles. The third kappa shape index (κ3) is 2.33. The maximum Gasteiger partial charge on any atom is 0.257 e. The summed E-state index contributed by atoms with van der Waals surface area (Å²) in [4.78, 5) is 1.01. The Kier molecular flexibility index (Phi) is 2.94. The van der Waals surface area contributed by atoms with Gasteiger partial charge in [0.1, 0.15) is 0 Å². The molecule has 4 heteroatoms. The van der Waals surface area contributed by atoms with Crippen molar-refractivity contribution in [2.75, 3.05) is 0 Å². The second kappa shape index (κ2) is 4.74. The van der Waals surface area contributed by atoms with Crippen molar-refractivity contribution in [3.8, 4) is 10.8 Å². The van der Waals surface area contributed by atoms with Gasteiger partial charge in [0.05, 0.1) is 11.3 Å². The van der Waals surface area contributed by atoms with Gasteiger partial charge in [-0.25, -0.2) is 0 Å². The van der Waals surface area contributed by atoms with Crippen molar-refractivity contribution < 1.29 is 4.42 Å². The van der Waals surface area contributed by atoms with E-state index in [0.29, 0.717) is 18.2 Å². The van der Waals surface area contributed by atoms with Crippen molar-refractivity contribution in [3.63, 3.8) is 0 Å². The third-order valence-electron chi connectivity index (χ3n) is 2.64. The van der Waals surface area contributed by atoms with Gasteiger partial charge < -0.3 is 4.42 Å². The molecule has 0 saturated carbocycles. The number of hydrogen-bond donors (Lipinski definition) is 0. The fraction of sp³-hybridized carbons (Fsp3) is 0.143. The minimum absolute atomic E-state index is 0.604. The van der Waals surface area contributed by atoms with Crippen LogP contribution in [0.1, 0.15) is 17.0 Å². The number of aromatic nitrogens is 2. The molecule has 2 aromatic heterocycles. The Balaban J connectivity index is 1.82. The van der Waals surface area contributed by atoms with E-state index in [9.17, 15) is 0 Å². The number of aryl methyl sites for hydroxylation is 1. The highest BCUT2D eigenvalue weighted by atomic mass is 32.1. The Hall–Kier alpha value is -1.94. The van der Waals surface area contributed by atoms with E-state index in [1.807, 2.05) is 23.6 Å². The number of nitrogens with zero attached hydrogens (tertiary/aromatic N) is 2. The van der Waals surface area contributed by atoms with Gasteiger partial charge in [0, 0.05) is 0 Å². The molecule has 0 spiro atoms. The van der Waals surface area contributed by atoms with Gasteiger partial charge in [-0.15, -0.1) is 21.5 Å². The van der Waals surface area contributed by atoms with Gasteiger partial charge in [0.15, 0.2) is 0 Å². The van der Waals surface area contributed by atoms with E-state index in [0.717, 1.165) is 4.88 Å². The standard InChI is InChI=1S/C14H12N2OS/c1-10-4-2-5-11(8-10)9-13-15-16-14(17-13)12-6-3-7-18-12/h2-8H,9H2,1H3. The highest BCUT2D eigenvalue weighted by Gasteiger charge is 2.09. The van der Waals surface area contributed by atoms with Crippen LogP contribution in [0.5, 0.6) is 0 Å². The molecule has 0 unspecified atom stereocenters. The summed E-state index contributed by atoms with van der Waals surface area (Å²) in [5, 5.41) is 10.2. The van der Waals surface area contributed by atoms with Crippen molar-refractivity contribution in [1.82, 2.24) is 10.2 Å². The molecule has 1 aromatic carbocycles. The average molecular weight is 256 g/mol. The normalized spacial score (nSPS) is 10.7. The second-order valence-corrected chi connectivity index (χ2v) is 5.09. The first-order chi connectivity index (χ1) is 8.81. The van der Waals surface area contributed by atoms with Crippen LogP contribution in [-0.4, -0.2) is 10.2 Å². The van der Waals surface area contributed by atoms with Crippen LogP contribution in [0.15, 0.2) is 46.2 Å². The number of hydrogen-bond acceptors (Lipinski definition) is 4. The van der Waals surface area contributed by atoms with Gasteiger partial charge in [-0.1, -0.05) is 35.9 Å². The number of rotatable bonds is 3. The van der Waals surface area contributed by atoms with Crippen molar-refractivity contribution >= 4 is 11.3 Å². The molecule has 0 amide bonds. The fourth-order valence-corrected chi connectivity index (χ4v) is 2.47. The summed E-state index contributed by atoms with van der Waals surface area (Å²) in [6.45, 7) is 2.08. The van der Waals surface area contributed by atoms with Gasteiger partial charge in [0.25, 0.3) is 5.89 Å². The van der Waals surface area contributed by atoms with Gasteiger partial charge in [-0.05, 0) is 23.9 Å². The van der Waals surface area contributed by atoms with Gasteiger partial charge in [0.2, 0.25) is 5.89 Å². The number of thiophene rings is 1. The molecule has 0 aliphatic rings. The number of benzene rings is 1. The molecule has 0 saturated heterocycles. The van der Waals surface area contributed by atoms with Crippen LogP contribution < -0.4 is 0 Å². The lowest BCUT2D eigenvalue weighted by atomic mass is 10.1. The predicted octanol–water partition coefficient (Wildman–Crippen LogP) is 3.70. The molecule has 0 radical (unpaired) electrons. The lowest BCUT2D eigenvalue weighted by Crippen LogP contribution is -1.88. The highest BCUT2D eigenvalue weighted by Crippen LogP contribution is 2.23. The summed E-state index contributed by atoms with van der Waals surface area (Å²) in [6.07, 6.45) is 0.681. The summed E-state index contributed by atoms with van der Waals surface area (Å²) in [5.41, 5.74) is 2.43. The summed E-state index contributed by atoms with van der Waals surface area (Å²) in [6, 6.07) is 12.3. The van der Waals surface area contributed by atoms with E-state index >= 15 is 0 Å². The van der Waals surface area contributed by atoms with E-state index in [4.69, 9.17) is 4.42 Å². The zero-order valence-electron chi connectivity index (χ0n) is 9.96. The van der Waals surface area contributed by atoms with Crippen LogP contribution in [-0.2, 0) is 6.42 Å². The Morgan fingerprint density at radius 1 is 1.17 bits per heavy atom. The monoisotopic (exact) mass is 256 g/mol. The van der Waals surface area contributed by atoms with Crippen molar-refractivity contribution in [1.29, 1.82) is 0 Å². The lowest BCUT2D eigenvalue weighted by Gasteiger charge is -1.98. The summed E-state index contributed by atoms with van der Waals surface area (Å²) in [7, 11) is 0. The van der Waals surface area contributed by atoms with E-state index < -0.39 is 0 Å². The molecule has 0 aliphatic carbocycles. The van der Waals surface area contributed by atoms with Crippen LogP contribution >= 0.6 is 11.3 Å². The molecule has 3 nitrogen and oxygen atoms in total. The Labute approximate surface area is 109 Å². The molecule has 0 fully saturated rings. The Morgan fingerprint density at radius 2 is 2.11 bits per heavy atom. The summed E-state index contributed by atoms with van der Waals surface area (Å²) < 4.78 is 5.66. The van der Waals surface area contributed by atoms with E-state index in [-0.39, 0.29) is 0 Å². The average Bonchev–Trinajstić information content (AvgIpc) is 2.98. The van der Waals surface area contributed by atoms with Crippen molar-refractivity contribution in [2.24, 2.45) is 0 Å². The van der Waals surface area contributed by atoms with Crippen molar-refractivity contribution in [3.05, 3.63) is 58.8 Å². The topological polar surface area (TPSA) is 38.9 Å². The largest absolute Gasteiger partial charge is 0.420 e. The molecule has 3 rings (SSSR count). The second-order valence-electron chi connectivity index (χ2n) is 4.14. The van der Waals surface area contributed by atoms with Crippen molar-refractivity contribution in [2.45, 2.75) is 13.3 Å². The zero-order valence-corrected chi connectivity index (χ0v) is 10.8. The molecule has 0 bridgehead atoms.